The molecule has 0 heterocycles. The number of benzene rings is 2. The van der Waals surface area contributed by atoms with Crippen molar-refractivity contribution >= 4 is 0 Å². The minimum Gasteiger partial charge on any atom is -0.372 e. The van der Waals surface area contributed by atoms with Gasteiger partial charge in [0.1, 0.15) is 5.82 Å². The van der Waals surface area contributed by atoms with E-state index in [1.54, 1.807) is 0 Å². The average Bonchev–Trinajstić information content (AvgIpc) is 3.33. The molecule has 3 heteroatoms. The van der Waals surface area contributed by atoms with Crippen molar-refractivity contribution in [1.29, 1.82) is 0 Å². The molecule has 110 valence electrons. The molecular weight excluding hydrogens is 265 g/mol. The maximum Gasteiger partial charge on any atom is 0.128 e. The number of halogens is 1. The van der Waals surface area contributed by atoms with Crippen molar-refractivity contribution in [3.05, 3.63) is 71.0 Å². The lowest BCUT2D eigenvalue weighted by Gasteiger charge is -2.09. The van der Waals surface area contributed by atoms with Crippen LogP contribution < -0.4 is 5.32 Å². The first kappa shape index (κ1) is 14.2. The van der Waals surface area contributed by atoms with Gasteiger partial charge in [0.2, 0.25) is 0 Å². The molecule has 1 saturated carbocycles. The van der Waals surface area contributed by atoms with Crippen LogP contribution in [0.4, 0.5) is 4.39 Å². The topological polar surface area (TPSA) is 21.3 Å². The molecule has 0 atom stereocenters. The second kappa shape index (κ2) is 6.83. The summed E-state index contributed by atoms with van der Waals surface area (Å²) in [7, 11) is 0. The van der Waals surface area contributed by atoms with Crippen LogP contribution >= 0.6 is 0 Å². The van der Waals surface area contributed by atoms with Crippen molar-refractivity contribution in [2.75, 3.05) is 0 Å². The van der Waals surface area contributed by atoms with E-state index in [1.807, 2.05) is 42.5 Å². The van der Waals surface area contributed by atoms with Crippen molar-refractivity contribution in [3.8, 4) is 0 Å². The van der Waals surface area contributed by atoms with Crippen LogP contribution in [0.3, 0.4) is 0 Å². The first-order valence-electron chi connectivity index (χ1n) is 7.43. The van der Waals surface area contributed by atoms with Gasteiger partial charge in [-0.25, -0.2) is 4.39 Å². The monoisotopic (exact) mass is 285 g/mol. The molecule has 1 N–H and O–H groups in total. The second-order valence-electron chi connectivity index (χ2n) is 5.56. The zero-order valence-electron chi connectivity index (χ0n) is 12.0. The maximum atomic E-state index is 13.8. The van der Waals surface area contributed by atoms with Crippen LogP contribution in [-0.4, -0.2) is 6.04 Å². The summed E-state index contributed by atoms with van der Waals surface area (Å²) in [4.78, 5) is 0. The molecule has 1 fully saturated rings. The highest BCUT2D eigenvalue weighted by molar-refractivity contribution is 5.25. The number of hydrogen-bond donors (Lipinski definition) is 1. The smallest absolute Gasteiger partial charge is 0.128 e. The quantitative estimate of drug-likeness (QED) is 0.835. The van der Waals surface area contributed by atoms with E-state index in [1.165, 1.54) is 18.9 Å². The Morgan fingerprint density at radius 2 is 1.81 bits per heavy atom. The van der Waals surface area contributed by atoms with Gasteiger partial charge in [-0.15, -0.1) is 0 Å². The van der Waals surface area contributed by atoms with Crippen molar-refractivity contribution in [1.82, 2.24) is 5.32 Å². The van der Waals surface area contributed by atoms with Crippen LogP contribution in [0.1, 0.15) is 29.5 Å². The van der Waals surface area contributed by atoms with Crippen molar-refractivity contribution in [2.24, 2.45) is 0 Å². The predicted octanol–water partition coefficient (Wildman–Crippen LogP) is 3.79. The Labute approximate surface area is 125 Å². The molecule has 0 aromatic heterocycles. The van der Waals surface area contributed by atoms with E-state index in [4.69, 9.17) is 4.74 Å². The minimum absolute atomic E-state index is 0.196. The molecule has 0 saturated heterocycles. The molecule has 2 nitrogen and oxygen atoms in total. The molecule has 21 heavy (non-hydrogen) atoms. The summed E-state index contributed by atoms with van der Waals surface area (Å²) in [6, 6.07) is 15.9. The Bertz CT molecular complexity index is 581. The van der Waals surface area contributed by atoms with Crippen LogP contribution in [0.5, 0.6) is 0 Å². The molecule has 2 aromatic carbocycles. The summed E-state index contributed by atoms with van der Waals surface area (Å²) in [6.45, 7) is 1.61. The molecule has 0 bridgehead atoms. The molecular formula is C18H20FNO. The summed E-state index contributed by atoms with van der Waals surface area (Å²) < 4.78 is 19.4. The van der Waals surface area contributed by atoms with Crippen LogP contribution in [0.15, 0.2) is 48.5 Å². The van der Waals surface area contributed by atoms with E-state index >= 15 is 0 Å². The van der Waals surface area contributed by atoms with E-state index in [-0.39, 0.29) is 5.82 Å². The molecule has 1 aliphatic carbocycles. The van der Waals surface area contributed by atoms with Gasteiger partial charge in [0.25, 0.3) is 0 Å². The van der Waals surface area contributed by atoms with Crippen molar-refractivity contribution in [3.63, 3.8) is 0 Å². The van der Waals surface area contributed by atoms with Crippen LogP contribution in [0.2, 0.25) is 0 Å². The summed E-state index contributed by atoms with van der Waals surface area (Å²) >= 11 is 0. The Morgan fingerprint density at radius 3 is 2.57 bits per heavy atom. The molecule has 0 unspecified atom stereocenters. The minimum atomic E-state index is -0.196. The lowest BCUT2D eigenvalue weighted by Crippen LogP contribution is -2.15. The maximum absolute atomic E-state index is 13.8. The van der Waals surface area contributed by atoms with Gasteiger partial charge < -0.3 is 10.1 Å². The molecule has 0 radical (unpaired) electrons. The average molecular weight is 285 g/mol. The Hall–Kier alpha value is -1.71. The van der Waals surface area contributed by atoms with Gasteiger partial charge in [0.05, 0.1) is 13.2 Å². The number of hydrogen-bond acceptors (Lipinski definition) is 2. The highest BCUT2D eigenvalue weighted by atomic mass is 19.1. The summed E-state index contributed by atoms with van der Waals surface area (Å²) in [5.41, 5.74) is 2.84. The summed E-state index contributed by atoms with van der Waals surface area (Å²) in [5.74, 6) is -0.196. The normalized spacial score (nSPS) is 14.3. The van der Waals surface area contributed by atoms with Gasteiger partial charge in [0, 0.05) is 18.2 Å². The lowest BCUT2D eigenvalue weighted by molar-refractivity contribution is 0.105. The Morgan fingerprint density at radius 1 is 1.00 bits per heavy atom. The fourth-order valence-corrected chi connectivity index (χ4v) is 2.25. The largest absolute Gasteiger partial charge is 0.372 e. The van der Waals surface area contributed by atoms with Crippen LogP contribution in [0.25, 0.3) is 0 Å². The summed E-state index contributed by atoms with van der Waals surface area (Å²) in [5, 5.41) is 3.44. The van der Waals surface area contributed by atoms with Crippen LogP contribution in [-0.2, 0) is 24.5 Å². The van der Waals surface area contributed by atoms with E-state index in [0.29, 0.717) is 24.8 Å². The molecule has 1 aliphatic rings. The van der Waals surface area contributed by atoms with Crippen LogP contribution in [0, 0.1) is 5.82 Å². The highest BCUT2D eigenvalue weighted by Crippen LogP contribution is 2.20. The lowest BCUT2D eigenvalue weighted by atomic mass is 10.1. The fraction of sp³-hybridized carbons (Fsp3) is 0.333. The van der Waals surface area contributed by atoms with E-state index in [0.717, 1.165) is 17.7 Å². The Balaban J connectivity index is 1.54. The van der Waals surface area contributed by atoms with Gasteiger partial charge in [-0.3, -0.25) is 0 Å². The van der Waals surface area contributed by atoms with E-state index in [2.05, 4.69) is 5.32 Å². The third kappa shape index (κ3) is 4.38. The number of rotatable bonds is 7. The first-order chi connectivity index (χ1) is 10.3. The molecule has 0 spiro atoms. The number of ether oxygens (including phenoxy) is 1. The predicted molar refractivity (Wildman–Crippen MR) is 81.2 cm³/mol. The van der Waals surface area contributed by atoms with E-state index in [9.17, 15) is 4.39 Å². The highest BCUT2D eigenvalue weighted by Gasteiger charge is 2.20. The zero-order valence-corrected chi connectivity index (χ0v) is 12.0. The molecule has 2 aromatic rings. The summed E-state index contributed by atoms with van der Waals surface area (Å²) in [6.07, 6.45) is 2.52. The van der Waals surface area contributed by atoms with Gasteiger partial charge >= 0.3 is 0 Å². The van der Waals surface area contributed by atoms with Crippen molar-refractivity contribution < 1.29 is 9.13 Å². The molecule has 0 aliphatic heterocycles. The van der Waals surface area contributed by atoms with Gasteiger partial charge in [0.15, 0.2) is 0 Å². The number of nitrogens with one attached hydrogen (secondary N) is 1. The van der Waals surface area contributed by atoms with Gasteiger partial charge in [-0.2, -0.15) is 0 Å². The first-order valence-corrected chi connectivity index (χ1v) is 7.43. The van der Waals surface area contributed by atoms with E-state index < -0.39 is 0 Å². The van der Waals surface area contributed by atoms with Gasteiger partial charge in [-0.1, -0.05) is 36.4 Å². The Kier molecular flexibility index (Phi) is 4.63. The fourth-order valence-electron chi connectivity index (χ4n) is 2.25. The molecule has 0 amide bonds. The third-order valence-corrected chi connectivity index (χ3v) is 3.65. The molecule has 3 rings (SSSR count). The third-order valence-electron chi connectivity index (χ3n) is 3.65. The standard InChI is InChI=1S/C18H20FNO/c19-18-9-6-15(11-20-17-7-8-17)10-16(18)13-21-12-14-4-2-1-3-5-14/h1-6,9-10,17,20H,7-8,11-13H2. The second-order valence-corrected chi connectivity index (χ2v) is 5.56. The van der Waals surface area contributed by atoms with Crippen molar-refractivity contribution in [2.45, 2.75) is 38.6 Å². The van der Waals surface area contributed by atoms with Gasteiger partial charge in [-0.05, 0) is 36.1 Å². The zero-order chi connectivity index (χ0) is 14.5. The SMILES string of the molecule is Fc1ccc(CNC2CC2)cc1COCc1ccccc1.